The third-order valence-corrected chi connectivity index (χ3v) is 3.13. The molecule has 2 aliphatic heterocycles. The first-order valence-electron chi connectivity index (χ1n) is 5.03. The summed E-state index contributed by atoms with van der Waals surface area (Å²) < 4.78 is 5.92. The quantitative estimate of drug-likeness (QED) is 0.652. The van der Waals surface area contributed by atoms with E-state index in [-0.39, 0.29) is 11.8 Å². The van der Waals surface area contributed by atoms with Crippen molar-refractivity contribution in [3.05, 3.63) is 29.8 Å². The molecular weight excluding hydrogens is 208 g/mol. The molecule has 78 valence electrons. The third-order valence-electron chi connectivity index (χ3n) is 2.91. The number of hydrogen-bond donors (Lipinski definition) is 2. The monoisotopic (exact) mass is 220 g/mol. The van der Waals surface area contributed by atoms with E-state index >= 15 is 0 Å². The molecule has 0 aliphatic carbocycles. The largest absolute Gasteiger partial charge is 0.468 e. The molecule has 0 saturated carbocycles. The van der Waals surface area contributed by atoms with Gasteiger partial charge in [0, 0.05) is 12.0 Å². The predicted molar refractivity (Wildman–Crippen MR) is 61.7 cm³/mol. The van der Waals surface area contributed by atoms with Crippen molar-refractivity contribution in [2.45, 2.75) is 25.1 Å². The van der Waals surface area contributed by atoms with Crippen LogP contribution in [-0.4, -0.2) is 10.8 Å². The first-order chi connectivity index (χ1) is 7.16. The standard InChI is InChI=1S/C11H12N2OS/c1-11-6-8(12-10(15)13-11)7-4-2-3-5-9(7)14-11/h2-5,8H,6H2,1H3,(H2,12,13,15)/t8-,11-/m0/s1. The van der Waals surface area contributed by atoms with E-state index in [1.807, 2.05) is 25.1 Å². The van der Waals surface area contributed by atoms with E-state index in [0.717, 1.165) is 12.2 Å². The predicted octanol–water partition coefficient (Wildman–Crippen LogP) is 1.70. The van der Waals surface area contributed by atoms with Crippen LogP contribution in [-0.2, 0) is 0 Å². The molecule has 2 atom stereocenters. The molecule has 1 saturated heterocycles. The van der Waals surface area contributed by atoms with Crippen LogP contribution in [0, 0.1) is 0 Å². The molecule has 2 bridgehead atoms. The van der Waals surface area contributed by atoms with Crippen molar-refractivity contribution >= 4 is 17.3 Å². The van der Waals surface area contributed by atoms with Gasteiger partial charge in [0.25, 0.3) is 0 Å². The molecule has 15 heavy (non-hydrogen) atoms. The Hall–Kier alpha value is -1.29. The average molecular weight is 220 g/mol. The fourth-order valence-electron chi connectivity index (χ4n) is 2.29. The van der Waals surface area contributed by atoms with Gasteiger partial charge in [-0.05, 0) is 25.2 Å². The van der Waals surface area contributed by atoms with Crippen LogP contribution in [0.15, 0.2) is 24.3 Å². The van der Waals surface area contributed by atoms with Gasteiger partial charge in [-0.25, -0.2) is 0 Å². The highest BCUT2D eigenvalue weighted by molar-refractivity contribution is 7.80. The summed E-state index contributed by atoms with van der Waals surface area (Å²) in [5, 5.41) is 7.10. The van der Waals surface area contributed by atoms with Crippen molar-refractivity contribution in [3.8, 4) is 5.75 Å². The van der Waals surface area contributed by atoms with Crippen LogP contribution in [0.25, 0.3) is 0 Å². The lowest BCUT2D eigenvalue weighted by Crippen LogP contribution is -2.62. The van der Waals surface area contributed by atoms with E-state index in [0.29, 0.717) is 5.11 Å². The highest BCUT2D eigenvalue weighted by Crippen LogP contribution is 2.39. The Morgan fingerprint density at radius 2 is 2.27 bits per heavy atom. The highest BCUT2D eigenvalue weighted by Gasteiger charge is 2.41. The van der Waals surface area contributed by atoms with Crippen molar-refractivity contribution in [3.63, 3.8) is 0 Å². The zero-order valence-corrected chi connectivity index (χ0v) is 9.23. The van der Waals surface area contributed by atoms with Gasteiger partial charge in [0.2, 0.25) is 0 Å². The van der Waals surface area contributed by atoms with E-state index in [9.17, 15) is 0 Å². The van der Waals surface area contributed by atoms with Gasteiger partial charge in [0.05, 0.1) is 6.04 Å². The molecule has 1 fully saturated rings. The summed E-state index contributed by atoms with van der Waals surface area (Å²) in [6.07, 6.45) is 0.893. The summed E-state index contributed by atoms with van der Waals surface area (Å²) in [6, 6.07) is 8.37. The SMILES string of the molecule is C[C@]12C[C@H](NC(=S)N1)c1ccccc1O2. The van der Waals surface area contributed by atoms with E-state index in [4.69, 9.17) is 17.0 Å². The Balaban J connectivity index is 2.10. The van der Waals surface area contributed by atoms with Gasteiger partial charge in [-0.2, -0.15) is 0 Å². The fraction of sp³-hybridized carbons (Fsp3) is 0.364. The van der Waals surface area contributed by atoms with E-state index < -0.39 is 0 Å². The molecule has 1 aromatic carbocycles. The molecule has 2 heterocycles. The van der Waals surface area contributed by atoms with E-state index in [2.05, 4.69) is 16.7 Å². The number of thiocarbonyl (C=S) groups is 1. The minimum absolute atomic E-state index is 0.272. The maximum Gasteiger partial charge on any atom is 0.181 e. The van der Waals surface area contributed by atoms with Crippen molar-refractivity contribution < 1.29 is 4.74 Å². The molecule has 0 amide bonds. The number of rotatable bonds is 0. The second kappa shape index (κ2) is 2.85. The molecule has 2 aliphatic rings. The highest BCUT2D eigenvalue weighted by atomic mass is 32.1. The zero-order chi connectivity index (χ0) is 10.5. The first-order valence-corrected chi connectivity index (χ1v) is 5.44. The number of benzene rings is 1. The van der Waals surface area contributed by atoms with Crippen molar-refractivity contribution in [1.29, 1.82) is 0 Å². The van der Waals surface area contributed by atoms with Crippen molar-refractivity contribution in [1.82, 2.24) is 10.6 Å². The van der Waals surface area contributed by atoms with Crippen LogP contribution < -0.4 is 15.4 Å². The van der Waals surface area contributed by atoms with Crippen LogP contribution in [0.2, 0.25) is 0 Å². The molecule has 0 aromatic heterocycles. The van der Waals surface area contributed by atoms with Crippen LogP contribution in [0.1, 0.15) is 24.9 Å². The topological polar surface area (TPSA) is 33.3 Å². The van der Waals surface area contributed by atoms with Gasteiger partial charge in [-0.3, -0.25) is 0 Å². The molecule has 4 heteroatoms. The maximum atomic E-state index is 5.92. The molecule has 3 rings (SSSR count). The minimum Gasteiger partial charge on any atom is -0.468 e. The molecular formula is C11H12N2OS. The summed E-state index contributed by atoms with van der Waals surface area (Å²) in [5.74, 6) is 0.943. The van der Waals surface area contributed by atoms with Gasteiger partial charge >= 0.3 is 0 Å². The average Bonchev–Trinajstić information content (AvgIpc) is 2.15. The summed E-state index contributed by atoms with van der Waals surface area (Å²) in [5.41, 5.74) is 0.834. The number of para-hydroxylation sites is 1. The lowest BCUT2D eigenvalue weighted by molar-refractivity contribution is 0.0251. The van der Waals surface area contributed by atoms with Crippen molar-refractivity contribution in [2.24, 2.45) is 0 Å². The van der Waals surface area contributed by atoms with Crippen molar-refractivity contribution in [2.75, 3.05) is 0 Å². The van der Waals surface area contributed by atoms with Gasteiger partial charge in [0.15, 0.2) is 10.8 Å². The Morgan fingerprint density at radius 1 is 1.47 bits per heavy atom. The minimum atomic E-state index is -0.360. The van der Waals surface area contributed by atoms with Crippen LogP contribution >= 0.6 is 12.2 Å². The molecule has 0 spiro atoms. The van der Waals surface area contributed by atoms with Gasteiger partial charge in [-0.1, -0.05) is 18.2 Å². The number of ether oxygens (including phenoxy) is 1. The Labute approximate surface area is 93.8 Å². The molecule has 0 unspecified atom stereocenters. The summed E-state index contributed by atoms with van der Waals surface area (Å²) in [4.78, 5) is 0. The lowest BCUT2D eigenvalue weighted by atomic mass is 9.92. The second-order valence-corrected chi connectivity index (χ2v) is 4.63. The maximum absolute atomic E-state index is 5.92. The lowest BCUT2D eigenvalue weighted by Gasteiger charge is -2.45. The molecule has 0 radical (unpaired) electrons. The van der Waals surface area contributed by atoms with Crippen LogP contribution in [0.4, 0.5) is 0 Å². The smallest absolute Gasteiger partial charge is 0.181 e. The van der Waals surface area contributed by atoms with E-state index in [1.54, 1.807) is 0 Å². The Kier molecular flexibility index (Phi) is 1.71. The molecule has 2 N–H and O–H groups in total. The number of nitrogens with one attached hydrogen (secondary N) is 2. The Bertz CT molecular complexity index is 434. The zero-order valence-electron chi connectivity index (χ0n) is 8.41. The normalized spacial score (nSPS) is 32.1. The summed E-state index contributed by atoms with van der Waals surface area (Å²) >= 11 is 5.16. The van der Waals surface area contributed by atoms with Gasteiger partial charge in [-0.15, -0.1) is 0 Å². The third kappa shape index (κ3) is 1.36. The van der Waals surface area contributed by atoms with Gasteiger partial charge in [0.1, 0.15) is 5.75 Å². The first kappa shape index (κ1) is 8.97. The Morgan fingerprint density at radius 3 is 3.13 bits per heavy atom. The number of fused-ring (bicyclic) bond motifs is 4. The van der Waals surface area contributed by atoms with Crippen LogP contribution in [0.3, 0.4) is 0 Å². The van der Waals surface area contributed by atoms with Crippen LogP contribution in [0.5, 0.6) is 5.75 Å². The van der Waals surface area contributed by atoms with E-state index in [1.165, 1.54) is 5.56 Å². The second-order valence-electron chi connectivity index (χ2n) is 4.23. The molecule has 3 nitrogen and oxygen atoms in total. The molecule has 1 aromatic rings. The number of hydrogen-bond acceptors (Lipinski definition) is 2. The summed E-state index contributed by atoms with van der Waals surface area (Å²) in [6.45, 7) is 2.03. The fourth-order valence-corrected chi connectivity index (χ4v) is 2.64. The summed E-state index contributed by atoms with van der Waals surface area (Å²) in [7, 11) is 0. The van der Waals surface area contributed by atoms with Gasteiger partial charge < -0.3 is 15.4 Å².